The number of benzene rings is 1. The smallest absolute Gasteiger partial charge is 0.111 e. The van der Waals surface area contributed by atoms with Gasteiger partial charge in [-0.05, 0) is 25.0 Å². The van der Waals surface area contributed by atoms with Gasteiger partial charge < -0.3 is 10.7 Å². The number of aromatic nitrogens is 2. The number of nitrogens with two attached hydrogens (primary N) is 1. The minimum atomic E-state index is 0.210. The molecule has 0 aliphatic heterocycles. The molecule has 1 fully saturated rings. The predicted molar refractivity (Wildman–Crippen MR) is 70.7 cm³/mol. The standard InChI is InChI=1S/C12H13Cl2N3/c13-7-4-10-11(5-8(7)14)17-12(16-10)6-2-1-3-9(6)15/h4-6,9H,1-3,15H2,(H,16,17). The molecule has 2 unspecified atom stereocenters. The van der Waals surface area contributed by atoms with E-state index in [0.29, 0.717) is 16.0 Å². The monoisotopic (exact) mass is 269 g/mol. The summed E-state index contributed by atoms with van der Waals surface area (Å²) in [5, 5.41) is 1.08. The first-order chi connectivity index (χ1) is 8.15. The van der Waals surface area contributed by atoms with Crippen LogP contribution >= 0.6 is 23.2 Å². The summed E-state index contributed by atoms with van der Waals surface area (Å²) in [6.07, 6.45) is 3.34. The Morgan fingerprint density at radius 3 is 2.71 bits per heavy atom. The van der Waals surface area contributed by atoms with Crippen LogP contribution in [0.25, 0.3) is 11.0 Å². The molecular formula is C12H13Cl2N3. The van der Waals surface area contributed by atoms with Gasteiger partial charge in [0.25, 0.3) is 0 Å². The van der Waals surface area contributed by atoms with Gasteiger partial charge in [0.05, 0.1) is 21.1 Å². The number of rotatable bonds is 1. The van der Waals surface area contributed by atoms with Crippen molar-refractivity contribution in [1.29, 1.82) is 0 Å². The molecule has 0 bridgehead atoms. The van der Waals surface area contributed by atoms with Gasteiger partial charge in [-0.3, -0.25) is 0 Å². The van der Waals surface area contributed by atoms with Crippen molar-refractivity contribution in [3.05, 3.63) is 28.0 Å². The fraction of sp³-hybridized carbons (Fsp3) is 0.417. The van der Waals surface area contributed by atoms with Gasteiger partial charge >= 0.3 is 0 Å². The highest BCUT2D eigenvalue weighted by molar-refractivity contribution is 6.42. The van der Waals surface area contributed by atoms with Crippen molar-refractivity contribution in [2.75, 3.05) is 0 Å². The van der Waals surface area contributed by atoms with Crippen molar-refractivity contribution in [3.63, 3.8) is 0 Å². The van der Waals surface area contributed by atoms with E-state index < -0.39 is 0 Å². The average Bonchev–Trinajstić information content (AvgIpc) is 2.85. The molecule has 1 aliphatic carbocycles. The maximum Gasteiger partial charge on any atom is 0.111 e. The van der Waals surface area contributed by atoms with Crippen LogP contribution in [0.5, 0.6) is 0 Å². The summed E-state index contributed by atoms with van der Waals surface area (Å²) in [5.74, 6) is 1.29. The summed E-state index contributed by atoms with van der Waals surface area (Å²) in [7, 11) is 0. The maximum atomic E-state index is 6.08. The molecular weight excluding hydrogens is 257 g/mol. The Bertz CT molecular complexity index is 525. The highest BCUT2D eigenvalue weighted by Gasteiger charge is 2.28. The van der Waals surface area contributed by atoms with E-state index in [0.717, 1.165) is 29.7 Å². The summed E-state index contributed by atoms with van der Waals surface area (Å²) < 4.78 is 0. The fourth-order valence-electron chi connectivity index (χ4n) is 2.53. The van der Waals surface area contributed by atoms with Crippen LogP contribution in [-0.4, -0.2) is 16.0 Å². The Hall–Kier alpha value is -0.770. The zero-order valence-corrected chi connectivity index (χ0v) is 10.7. The number of nitrogens with zero attached hydrogens (tertiary/aromatic N) is 1. The molecule has 1 aliphatic rings. The number of imidazole rings is 1. The lowest BCUT2D eigenvalue weighted by atomic mass is 10.0. The van der Waals surface area contributed by atoms with Crippen molar-refractivity contribution in [2.24, 2.45) is 5.73 Å². The SMILES string of the molecule is NC1CCCC1c1nc2cc(Cl)c(Cl)cc2[nH]1. The van der Waals surface area contributed by atoms with Gasteiger partial charge in [0.1, 0.15) is 5.82 Å². The van der Waals surface area contributed by atoms with Gasteiger partial charge in [-0.2, -0.15) is 0 Å². The highest BCUT2D eigenvalue weighted by atomic mass is 35.5. The van der Waals surface area contributed by atoms with E-state index in [9.17, 15) is 0 Å². The van der Waals surface area contributed by atoms with Crippen LogP contribution in [0.2, 0.25) is 10.0 Å². The van der Waals surface area contributed by atoms with Crippen molar-refractivity contribution in [3.8, 4) is 0 Å². The van der Waals surface area contributed by atoms with E-state index in [2.05, 4.69) is 9.97 Å². The topological polar surface area (TPSA) is 54.7 Å². The number of nitrogens with one attached hydrogen (secondary N) is 1. The minimum Gasteiger partial charge on any atom is -0.342 e. The Morgan fingerprint density at radius 1 is 1.24 bits per heavy atom. The lowest BCUT2D eigenvalue weighted by Crippen LogP contribution is -2.23. The van der Waals surface area contributed by atoms with Crippen LogP contribution in [0.1, 0.15) is 31.0 Å². The Balaban J connectivity index is 2.07. The number of hydrogen-bond acceptors (Lipinski definition) is 2. The van der Waals surface area contributed by atoms with Crippen LogP contribution in [0, 0.1) is 0 Å². The second-order valence-electron chi connectivity index (χ2n) is 4.61. The number of hydrogen-bond donors (Lipinski definition) is 2. The minimum absolute atomic E-state index is 0.210. The lowest BCUT2D eigenvalue weighted by molar-refractivity contribution is 0.588. The Morgan fingerprint density at radius 2 is 2.00 bits per heavy atom. The van der Waals surface area contributed by atoms with Gasteiger partial charge in [-0.25, -0.2) is 4.98 Å². The van der Waals surface area contributed by atoms with Crippen LogP contribution in [0.15, 0.2) is 12.1 Å². The molecule has 0 spiro atoms. The molecule has 0 amide bonds. The molecule has 90 valence electrons. The van der Waals surface area contributed by atoms with Gasteiger partial charge in [-0.15, -0.1) is 0 Å². The molecule has 17 heavy (non-hydrogen) atoms. The summed E-state index contributed by atoms with van der Waals surface area (Å²) in [6, 6.07) is 3.82. The van der Waals surface area contributed by atoms with Crippen molar-refractivity contribution in [2.45, 2.75) is 31.2 Å². The first-order valence-corrected chi connectivity index (χ1v) is 6.51. The molecule has 0 radical (unpaired) electrons. The van der Waals surface area contributed by atoms with Gasteiger partial charge in [0, 0.05) is 12.0 Å². The molecule has 0 saturated heterocycles. The number of H-pyrrole nitrogens is 1. The van der Waals surface area contributed by atoms with E-state index >= 15 is 0 Å². The number of aromatic amines is 1. The third kappa shape index (κ3) is 1.92. The fourth-order valence-corrected chi connectivity index (χ4v) is 2.85. The zero-order valence-electron chi connectivity index (χ0n) is 9.21. The van der Waals surface area contributed by atoms with Crippen molar-refractivity contribution < 1.29 is 0 Å². The Kier molecular flexibility index (Phi) is 2.77. The zero-order chi connectivity index (χ0) is 12.0. The van der Waals surface area contributed by atoms with Gasteiger partial charge in [-0.1, -0.05) is 29.6 Å². The molecule has 2 atom stereocenters. The van der Waals surface area contributed by atoms with Crippen molar-refractivity contribution >= 4 is 34.2 Å². The van der Waals surface area contributed by atoms with E-state index in [1.54, 1.807) is 6.07 Å². The molecule has 2 aromatic rings. The normalized spacial score (nSPS) is 24.6. The summed E-state index contributed by atoms with van der Waals surface area (Å²) in [5.41, 5.74) is 7.86. The summed E-state index contributed by atoms with van der Waals surface area (Å²) >= 11 is 12.0. The van der Waals surface area contributed by atoms with Crippen LogP contribution in [0.4, 0.5) is 0 Å². The second-order valence-corrected chi connectivity index (χ2v) is 5.42. The third-order valence-corrected chi connectivity index (χ3v) is 4.19. The lowest BCUT2D eigenvalue weighted by Gasteiger charge is -2.11. The van der Waals surface area contributed by atoms with Gasteiger partial charge in [0.2, 0.25) is 0 Å². The van der Waals surface area contributed by atoms with Crippen LogP contribution < -0.4 is 5.73 Å². The average molecular weight is 270 g/mol. The summed E-state index contributed by atoms with van der Waals surface area (Å²) in [4.78, 5) is 7.87. The van der Waals surface area contributed by atoms with E-state index in [-0.39, 0.29) is 6.04 Å². The molecule has 1 aromatic carbocycles. The van der Waals surface area contributed by atoms with E-state index in [1.165, 1.54) is 6.42 Å². The molecule has 3 N–H and O–H groups in total. The first kappa shape index (κ1) is 11.3. The van der Waals surface area contributed by atoms with Crippen LogP contribution in [0.3, 0.4) is 0 Å². The van der Waals surface area contributed by atoms with Crippen molar-refractivity contribution in [1.82, 2.24) is 9.97 Å². The maximum absolute atomic E-state index is 6.08. The van der Waals surface area contributed by atoms with Crippen LogP contribution in [-0.2, 0) is 0 Å². The second kappa shape index (κ2) is 4.16. The quantitative estimate of drug-likeness (QED) is 0.833. The number of halogens is 2. The van der Waals surface area contributed by atoms with E-state index in [4.69, 9.17) is 28.9 Å². The molecule has 1 heterocycles. The van der Waals surface area contributed by atoms with E-state index in [1.807, 2.05) is 6.07 Å². The molecule has 1 saturated carbocycles. The third-order valence-electron chi connectivity index (χ3n) is 3.46. The number of fused-ring (bicyclic) bond motifs is 1. The molecule has 3 rings (SSSR count). The van der Waals surface area contributed by atoms with Gasteiger partial charge in [0.15, 0.2) is 0 Å². The summed E-state index contributed by atoms with van der Waals surface area (Å²) in [6.45, 7) is 0. The molecule has 5 heteroatoms. The Labute approximate surface area is 109 Å². The predicted octanol–water partition coefficient (Wildman–Crippen LogP) is 3.46. The largest absolute Gasteiger partial charge is 0.342 e. The molecule has 3 nitrogen and oxygen atoms in total. The molecule has 1 aromatic heterocycles. The highest BCUT2D eigenvalue weighted by Crippen LogP contribution is 2.34. The first-order valence-electron chi connectivity index (χ1n) is 5.75.